The van der Waals surface area contributed by atoms with Gasteiger partial charge in [0, 0.05) is 11.8 Å². The summed E-state index contributed by atoms with van der Waals surface area (Å²) in [5.74, 6) is 1.03. The normalized spacial score (nSPS) is 12.4. The molecule has 2 aromatic heterocycles. The molecule has 0 radical (unpaired) electrons. The van der Waals surface area contributed by atoms with Gasteiger partial charge in [-0.1, -0.05) is 12.1 Å². The smallest absolute Gasteiger partial charge is 0.185 e. The van der Waals surface area contributed by atoms with Gasteiger partial charge in [-0.05, 0) is 58.3 Å². The van der Waals surface area contributed by atoms with Gasteiger partial charge in [0.1, 0.15) is 5.75 Å². The first-order valence-corrected chi connectivity index (χ1v) is 9.82. The van der Waals surface area contributed by atoms with Crippen molar-refractivity contribution in [3.8, 4) is 17.0 Å². The van der Waals surface area contributed by atoms with Crippen molar-refractivity contribution in [1.29, 1.82) is 0 Å². The van der Waals surface area contributed by atoms with Crippen LogP contribution in [0.25, 0.3) is 16.9 Å². The van der Waals surface area contributed by atoms with Gasteiger partial charge in [-0.3, -0.25) is 0 Å². The van der Waals surface area contributed by atoms with E-state index in [-0.39, 0.29) is 5.82 Å². The maximum atomic E-state index is 6.14. The van der Waals surface area contributed by atoms with Crippen molar-refractivity contribution in [2.45, 2.75) is 0 Å². The van der Waals surface area contributed by atoms with E-state index in [0.29, 0.717) is 17.0 Å². The van der Waals surface area contributed by atoms with Crippen LogP contribution in [-0.4, -0.2) is 32.4 Å². The molecule has 0 saturated heterocycles. The molecule has 142 valence electrons. The van der Waals surface area contributed by atoms with Gasteiger partial charge in [0.25, 0.3) is 0 Å². The molecule has 1 aliphatic rings. The van der Waals surface area contributed by atoms with E-state index in [2.05, 4.69) is 49.2 Å². The number of azo groups is 1. The van der Waals surface area contributed by atoms with Crippen LogP contribution >= 0.6 is 10.9 Å². The highest BCUT2D eigenvalue weighted by Crippen LogP contribution is 2.32. The zero-order valence-electron chi connectivity index (χ0n) is 15.5. The fourth-order valence-corrected chi connectivity index (χ4v) is 3.93. The minimum absolute atomic E-state index is 0.277. The molecule has 0 spiro atoms. The van der Waals surface area contributed by atoms with Crippen molar-refractivity contribution in [2.75, 3.05) is 12.8 Å². The van der Waals surface area contributed by atoms with E-state index in [1.165, 1.54) is 11.1 Å². The first-order valence-electron chi connectivity index (χ1n) is 8.88. The zero-order chi connectivity index (χ0) is 19.8. The molecule has 0 unspecified atom stereocenters. The fourth-order valence-electron chi connectivity index (χ4n) is 3.15. The van der Waals surface area contributed by atoms with Gasteiger partial charge < -0.3 is 10.5 Å². The van der Waals surface area contributed by atoms with Crippen molar-refractivity contribution in [3.63, 3.8) is 0 Å². The average Bonchev–Trinajstić information content (AvgIpc) is 3.35. The molecular weight excluding hydrogens is 384 g/mol. The number of anilines is 1. The highest BCUT2D eigenvalue weighted by atomic mass is 32.1. The lowest BCUT2D eigenvalue weighted by atomic mass is 10.0. The van der Waals surface area contributed by atoms with Crippen LogP contribution in [0.2, 0.25) is 0 Å². The quantitative estimate of drug-likeness (QED) is 0.356. The van der Waals surface area contributed by atoms with Crippen molar-refractivity contribution in [2.24, 2.45) is 10.2 Å². The highest BCUT2D eigenvalue weighted by molar-refractivity contribution is 7.97. The summed E-state index contributed by atoms with van der Waals surface area (Å²) in [7, 11) is 3.30. The van der Waals surface area contributed by atoms with Crippen LogP contribution in [0.4, 0.5) is 17.2 Å². The molecule has 4 aromatic rings. The molecule has 2 aromatic carbocycles. The number of ether oxygens (including phenoxy) is 1. The summed E-state index contributed by atoms with van der Waals surface area (Å²) in [5.41, 5.74) is 12.2. The van der Waals surface area contributed by atoms with E-state index in [1.807, 2.05) is 30.3 Å². The minimum atomic E-state index is 0.277. The van der Waals surface area contributed by atoms with Crippen LogP contribution in [0.1, 0.15) is 11.1 Å². The Morgan fingerprint density at radius 2 is 1.83 bits per heavy atom. The second-order valence-corrected chi connectivity index (χ2v) is 7.16. The number of hydrogen-bond acceptors (Lipinski definition) is 6. The monoisotopic (exact) mass is 400 g/mol. The molecule has 3 heterocycles. The summed E-state index contributed by atoms with van der Waals surface area (Å²) in [6.45, 7) is 0. The first kappa shape index (κ1) is 17.3. The van der Waals surface area contributed by atoms with E-state index in [9.17, 15) is 0 Å². The molecule has 1 aliphatic heterocycles. The van der Waals surface area contributed by atoms with E-state index < -0.39 is 0 Å². The number of fused-ring (bicyclic) bond motifs is 2. The Bertz CT molecular complexity index is 1330. The van der Waals surface area contributed by atoms with Crippen LogP contribution in [-0.2, 0) is 0 Å². The molecule has 29 heavy (non-hydrogen) atoms. The number of methoxy groups -OCH3 is 1. The topological polar surface area (TPSA) is 90.2 Å². The number of hydrogen-bond donors (Lipinski definition) is 1. The Labute approximate surface area is 170 Å². The lowest BCUT2D eigenvalue weighted by Gasteiger charge is -2.06. The molecule has 0 saturated carbocycles. The lowest BCUT2D eigenvalue weighted by Crippen LogP contribution is -1.97. The van der Waals surface area contributed by atoms with Crippen LogP contribution in [0, 0.1) is 0 Å². The van der Waals surface area contributed by atoms with Gasteiger partial charge in [-0.15, -0.1) is 10.2 Å². The van der Waals surface area contributed by atoms with Gasteiger partial charge >= 0.3 is 0 Å². The third-order valence-electron chi connectivity index (χ3n) is 4.63. The van der Waals surface area contributed by atoms with E-state index in [0.717, 1.165) is 17.0 Å². The number of nitrogen functional groups attached to an aromatic ring is 1. The molecule has 0 aliphatic carbocycles. The minimum Gasteiger partial charge on any atom is -0.497 e. The van der Waals surface area contributed by atoms with Crippen LogP contribution in [0.5, 0.6) is 5.75 Å². The number of nitrogens with zero attached hydrogens (tertiary/aromatic N) is 5. The summed E-state index contributed by atoms with van der Waals surface area (Å²) in [6.07, 6.45) is 1.73. The molecule has 0 bridgehead atoms. The predicted octanol–water partition coefficient (Wildman–Crippen LogP) is 4.45. The standard InChI is InChI=1S/C21H16N6OS/c1-28-17-6-4-16(5-7-17)24-25-19-20(22)26-27-18(8-9-23-21(19)27)13-2-3-14-11-29-12-15(14)10-13/h2-12H,1H3,(H2,22,26). The molecular formula is C21H16N6OS. The molecule has 0 fully saturated rings. The van der Waals surface area contributed by atoms with Gasteiger partial charge in [0.15, 0.2) is 17.2 Å². The number of nitrogens with two attached hydrogens (primary N) is 1. The van der Waals surface area contributed by atoms with Crippen LogP contribution < -0.4 is 10.5 Å². The summed E-state index contributed by atoms with van der Waals surface area (Å²) in [6, 6.07) is 15.5. The summed E-state index contributed by atoms with van der Waals surface area (Å²) < 4.78 is 6.87. The van der Waals surface area contributed by atoms with Crippen molar-refractivity contribution >= 4 is 44.5 Å². The molecule has 0 atom stereocenters. The predicted molar refractivity (Wildman–Crippen MR) is 118 cm³/mol. The second-order valence-electron chi connectivity index (χ2n) is 6.41. The Morgan fingerprint density at radius 1 is 1.00 bits per heavy atom. The molecule has 8 heteroatoms. The Balaban J connectivity index is 1.56. The average molecular weight is 400 g/mol. The maximum absolute atomic E-state index is 6.14. The molecule has 5 rings (SSSR count). The number of aromatic nitrogens is 3. The number of benzene rings is 2. The maximum Gasteiger partial charge on any atom is 0.185 e. The van der Waals surface area contributed by atoms with Crippen molar-refractivity contribution in [3.05, 3.63) is 65.9 Å². The second kappa shape index (κ2) is 6.99. The summed E-state index contributed by atoms with van der Waals surface area (Å²) in [5, 5.41) is 17.3. The van der Waals surface area contributed by atoms with Crippen LogP contribution in [0.3, 0.4) is 0 Å². The third-order valence-corrected chi connectivity index (χ3v) is 5.41. The summed E-state index contributed by atoms with van der Waals surface area (Å²) in [4.78, 5) is 4.43. The van der Waals surface area contributed by atoms with Crippen molar-refractivity contribution in [1.82, 2.24) is 14.6 Å². The van der Waals surface area contributed by atoms with E-state index in [1.54, 1.807) is 28.8 Å². The zero-order valence-corrected chi connectivity index (χ0v) is 16.3. The highest BCUT2D eigenvalue weighted by Gasteiger charge is 2.15. The number of rotatable bonds is 4. The summed E-state index contributed by atoms with van der Waals surface area (Å²) >= 11 is 0. The lowest BCUT2D eigenvalue weighted by molar-refractivity contribution is 0.415. The molecule has 0 amide bonds. The fraction of sp³-hybridized carbons (Fsp3) is 0.0476. The largest absolute Gasteiger partial charge is 0.497 e. The third kappa shape index (κ3) is 3.09. The van der Waals surface area contributed by atoms with Gasteiger partial charge in [0.2, 0.25) is 0 Å². The SMILES string of the molecule is COc1ccc(N=Nc2c(N)nn3c(-c4ccc5c(c4)C=S=C5)ccnc23)cc1. The Kier molecular flexibility index (Phi) is 4.18. The first-order chi connectivity index (χ1) is 14.2. The van der Waals surface area contributed by atoms with Gasteiger partial charge in [-0.2, -0.15) is 16.1 Å². The van der Waals surface area contributed by atoms with E-state index in [4.69, 9.17) is 10.5 Å². The molecule has 7 nitrogen and oxygen atoms in total. The van der Waals surface area contributed by atoms with E-state index >= 15 is 0 Å². The van der Waals surface area contributed by atoms with Crippen molar-refractivity contribution < 1.29 is 4.74 Å². The van der Waals surface area contributed by atoms with Gasteiger partial charge in [0.05, 0.1) is 18.5 Å². The van der Waals surface area contributed by atoms with Gasteiger partial charge in [-0.25, -0.2) is 9.50 Å². The van der Waals surface area contributed by atoms with Crippen LogP contribution in [0.15, 0.2) is 65.0 Å². The molecule has 2 N–H and O–H groups in total. The Morgan fingerprint density at radius 3 is 2.66 bits per heavy atom. The Hall–Kier alpha value is -3.78.